The molecule has 0 aliphatic carbocycles. The molecule has 2 aromatic carbocycles. The summed E-state index contributed by atoms with van der Waals surface area (Å²) in [5.74, 6) is -0.533. The monoisotopic (exact) mass is 377 g/mol. The van der Waals surface area contributed by atoms with Gasteiger partial charge in [0.1, 0.15) is 0 Å². The fourth-order valence-electron chi connectivity index (χ4n) is 2.09. The van der Waals surface area contributed by atoms with E-state index in [0.717, 1.165) is 6.07 Å². The quantitative estimate of drug-likeness (QED) is 0.467. The zero-order valence-corrected chi connectivity index (χ0v) is 14.1. The molecule has 0 aliphatic rings. The van der Waals surface area contributed by atoms with E-state index in [-0.39, 0.29) is 15.2 Å². The maximum Gasteiger partial charge on any atom is 0.294 e. The molecule has 9 nitrogen and oxygen atoms in total. The van der Waals surface area contributed by atoms with Crippen molar-refractivity contribution in [1.82, 2.24) is 20.2 Å². The molecule has 1 amide bonds. The van der Waals surface area contributed by atoms with Gasteiger partial charge >= 0.3 is 0 Å². The van der Waals surface area contributed by atoms with E-state index < -0.39 is 16.0 Å². The summed E-state index contributed by atoms with van der Waals surface area (Å²) >= 11 is 5.01. The van der Waals surface area contributed by atoms with Crippen LogP contribution in [0.4, 0.5) is 5.69 Å². The van der Waals surface area contributed by atoms with E-state index in [4.69, 9.17) is 16.8 Å². The number of hydrogen-bond donors (Lipinski definition) is 3. The Kier molecular flexibility index (Phi) is 4.44. The molecular weight excluding hydrogens is 366 g/mol. The Bertz CT molecular complexity index is 1100. The van der Waals surface area contributed by atoms with E-state index in [1.54, 1.807) is 24.3 Å². The number of benzene rings is 2. The van der Waals surface area contributed by atoms with Crippen LogP contribution in [-0.2, 0) is 10.1 Å². The van der Waals surface area contributed by atoms with Gasteiger partial charge in [0.05, 0.1) is 10.6 Å². The number of carbonyl (C=O) groups is 1. The van der Waals surface area contributed by atoms with Crippen molar-refractivity contribution in [2.45, 2.75) is 4.90 Å². The third-order valence-electron chi connectivity index (χ3n) is 3.23. The van der Waals surface area contributed by atoms with Gasteiger partial charge in [-0.15, -0.1) is 0 Å². The highest BCUT2D eigenvalue weighted by Gasteiger charge is 2.13. The molecule has 0 saturated carbocycles. The molecule has 3 N–H and O–H groups in total. The summed E-state index contributed by atoms with van der Waals surface area (Å²) in [4.78, 5) is 12.0. The molecule has 1 aromatic heterocycles. The Morgan fingerprint density at radius 2 is 1.96 bits per heavy atom. The van der Waals surface area contributed by atoms with E-state index >= 15 is 0 Å². The second-order valence-corrected chi connectivity index (χ2v) is 6.71. The van der Waals surface area contributed by atoms with Crippen LogP contribution in [0.15, 0.2) is 53.4 Å². The molecule has 25 heavy (non-hydrogen) atoms. The maximum absolute atomic E-state index is 12.3. The van der Waals surface area contributed by atoms with Crippen LogP contribution < -0.4 is 5.32 Å². The fraction of sp³-hybridized carbons (Fsp3) is 0. The Hall–Kier alpha value is -2.89. The molecule has 11 heteroatoms. The lowest BCUT2D eigenvalue weighted by molar-refractivity contribution is 0.102. The molecule has 0 radical (unpaired) electrons. The number of carbonyl (C=O) groups excluding carboxylic acids is 1. The number of anilines is 1. The molecule has 0 spiro atoms. The molecule has 0 unspecified atom stereocenters. The van der Waals surface area contributed by atoms with E-state index in [1.165, 1.54) is 22.9 Å². The standard InChI is InChI=1S/C14H11N5O4S2/c20-13(9-3-1-6-12(7-9)25(21,22)23)15-10-4-2-5-11(8-10)19-14(24)16-17-18-19/h1-8H,(H,15,20)(H,16,18,24)(H,21,22,23). The number of amides is 1. The van der Waals surface area contributed by atoms with Gasteiger partial charge in [-0.05, 0) is 48.6 Å². The molecule has 128 valence electrons. The van der Waals surface area contributed by atoms with Crippen LogP contribution in [0.3, 0.4) is 0 Å². The molecule has 3 rings (SSSR count). The van der Waals surface area contributed by atoms with Gasteiger partial charge in [0.15, 0.2) is 0 Å². The molecule has 0 atom stereocenters. The van der Waals surface area contributed by atoms with Crippen molar-refractivity contribution in [2.24, 2.45) is 0 Å². The van der Waals surface area contributed by atoms with E-state index in [0.29, 0.717) is 11.4 Å². The number of aromatic nitrogens is 4. The molecule has 0 aliphatic heterocycles. The summed E-state index contributed by atoms with van der Waals surface area (Å²) in [5.41, 5.74) is 1.15. The minimum Gasteiger partial charge on any atom is -0.322 e. The summed E-state index contributed by atoms with van der Waals surface area (Å²) in [6.45, 7) is 0. The van der Waals surface area contributed by atoms with Gasteiger partial charge in [-0.1, -0.05) is 22.4 Å². The minimum absolute atomic E-state index is 0.0837. The number of rotatable bonds is 4. The molecule has 3 aromatic rings. The Labute approximate surface area is 147 Å². The first kappa shape index (κ1) is 17.0. The number of tetrazole rings is 1. The van der Waals surface area contributed by atoms with Gasteiger partial charge in [-0.2, -0.15) is 13.6 Å². The van der Waals surface area contributed by atoms with Gasteiger partial charge < -0.3 is 5.32 Å². The Morgan fingerprint density at radius 3 is 2.64 bits per heavy atom. The second kappa shape index (κ2) is 6.55. The number of aromatic amines is 1. The summed E-state index contributed by atoms with van der Waals surface area (Å²) < 4.78 is 33.1. The highest BCUT2D eigenvalue weighted by Crippen LogP contribution is 2.16. The van der Waals surface area contributed by atoms with E-state index in [2.05, 4.69) is 20.8 Å². The third kappa shape index (κ3) is 3.79. The summed E-state index contributed by atoms with van der Waals surface area (Å²) in [7, 11) is -4.39. The van der Waals surface area contributed by atoms with Gasteiger partial charge in [0, 0.05) is 11.3 Å². The van der Waals surface area contributed by atoms with Crippen LogP contribution in [0.2, 0.25) is 0 Å². The highest BCUT2D eigenvalue weighted by molar-refractivity contribution is 7.85. The maximum atomic E-state index is 12.3. The lowest BCUT2D eigenvalue weighted by atomic mass is 10.2. The first-order valence-electron chi connectivity index (χ1n) is 6.84. The number of nitrogens with zero attached hydrogens (tertiary/aromatic N) is 3. The minimum atomic E-state index is -4.39. The highest BCUT2D eigenvalue weighted by atomic mass is 32.2. The average molecular weight is 377 g/mol. The number of hydrogen-bond acceptors (Lipinski definition) is 6. The van der Waals surface area contributed by atoms with Gasteiger partial charge in [0.2, 0.25) is 4.77 Å². The van der Waals surface area contributed by atoms with Gasteiger partial charge in [-0.25, -0.2) is 4.68 Å². The van der Waals surface area contributed by atoms with Crippen molar-refractivity contribution >= 4 is 33.9 Å². The zero-order valence-electron chi connectivity index (χ0n) is 12.4. The Morgan fingerprint density at radius 1 is 1.20 bits per heavy atom. The number of H-pyrrole nitrogens is 1. The SMILES string of the molecule is O=C(Nc1cccc(-n2[nH]nnc2=S)c1)c1cccc(S(=O)(=O)O)c1. The van der Waals surface area contributed by atoms with E-state index in [9.17, 15) is 13.2 Å². The van der Waals surface area contributed by atoms with Gasteiger partial charge in [-0.3, -0.25) is 9.35 Å². The summed E-state index contributed by atoms with van der Waals surface area (Å²) in [6, 6.07) is 11.8. The lowest BCUT2D eigenvalue weighted by Gasteiger charge is -2.08. The molecule has 0 bridgehead atoms. The molecule has 0 saturated heterocycles. The van der Waals surface area contributed by atoms with Crippen LogP contribution in [0.25, 0.3) is 5.69 Å². The van der Waals surface area contributed by atoms with Crippen molar-refractivity contribution < 1.29 is 17.8 Å². The topological polar surface area (TPSA) is 130 Å². The van der Waals surface area contributed by atoms with Crippen LogP contribution in [-0.4, -0.2) is 39.1 Å². The van der Waals surface area contributed by atoms with Gasteiger partial charge in [0.25, 0.3) is 16.0 Å². The normalized spacial score (nSPS) is 11.2. The average Bonchev–Trinajstić information content (AvgIpc) is 3.00. The Balaban J connectivity index is 1.87. The van der Waals surface area contributed by atoms with Crippen LogP contribution >= 0.6 is 12.2 Å². The van der Waals surface area contributed by atoms with Crippen LogP contribution in [0, 0.1) is 4.77 Å². The fourth-order valence-corrected chi connectivity index (χ4v) is 2.80. The molecule has 1 heterocycles. The lowest BCUT2D eigenvalue weighted by Crippen LogP contribution is -2.13. The summed E-state index contributed by atoms with van der Waals surface area (Å²) in [6.07, 6.45) is 0. The zero-order chi connectivity index (χ0) is 18.0. The van der Waals surface area contributed by atoms with Crippen molar-refractivity contribution in [1.29, 1.82) is 0 Å². The third-order valence-corrected chi connectivity index (χ3v) is 4.34. The smallest absolute Gasteiger partial charge is 0.294 e. The van der Waals surface area contributed by atoms with Crippen molar-refractivity contribution in [3.8, 4) is 5.69 Å². The van der Waals surface area contributed by atoms with Crippen LogP contribution in [0.5, 0.6) is 0 Å². The largest absolute Gasteiger partial charge is 0.322 e. The van der Waals surface area contributed by atoms with E-state index in [1.807, 2.05) is 0 Å². The predicted molar refractivity (Wildman–Crippen MR) is 90.8 cm³/mol. The van der Waals surface area contributed by atoms with Crippen molar-refractivity contribution in [2.75, 3.05) is 5.32 Å². The predicted octanol–water partition coefficient (Wildman–Crippen LogP) is 1.82. The molecule has 0 fully saturated rings. The first-order valence-corrected chi connectivity index (χ1v) is 8.69. The second-order valence-electron chi connectivity index (χ2n) is 4.93. The molecular formula is C14H11N5O4S2. The van der Waals surface area contributed by atoms with Crippen LogP contribution in [0.1, 0.15) is 10.4 Å². The van der Waals surface area contributed by atoms with Crippen molar-refractivity contribution in [3.05, 3.63) is 58.9 Å². The number of nitrogens with one attached hydrogen (secondary N) is 2. The first-order chi connectivity index (χ1) is 11.8. The van der Waals surface area contributed by atoms with Crippen molar-refractivity contribution in [3.63, 3.8) is 0 Å². The summed E-state index contributed by atoms with van der Waals surface area (Å²) in [5, 5.41) is 12.5.